The van der Waals surface area contributed by atoms with Gasteiger partial charge in [-0.05, 0) is 32.6 Å². The molecule has 11 heavy (non-hydrogen) atoms. The topological polar surface area (TPSA) is 14.1 Å². The molecule has 0 aliphatic heterocycles. The average Bonchev–Trinajstić information content (AvgIpc) is 2.08. The summed E-state index contributed by atoms with van der Waals surface area (Å²) < 4.78 is 0.938. The van der Waals surface area contributed by atoms with E-state index in [4.69, 9.17) is 0 Å². The Morgan fingerprint density at radius 1 is 0.909 bits per heavy atom. The molecule has 0 bridgehead atoms. The first kappa shape index (κ1) is 10.9. The molecule has 67 valence electrons. The molecule has 0 aliphatic carbocycles. The molecule has 1 radical (unpaired) electrons. The van der Waals surface area contributed by atoms with Crippen LogP contribution >= 0.6 is 0 Å². The zero-order valence-corrected chi connectivity index (χ0v) is 8.43. The molecular weight excluding hydrogens is 136 g/mol. The molecule has 0 atom stereocenters. The lowest BCUT2D eigenvalue weighted by atomic mass is 10.4. The Balaban J connectivity index is 3.84. The van der Waals surface area contributed by atoms with Crippen LogP contribution in [0.4, 0.5) is 0 Å². The maximum absolute atomic E-state index is 4.67. The SMILES string of the molecule is CCC[N][N+](CC)(CC)CC. The van der Waals surface area contributed by atoms with Gasteiger partial charge in [-0.25, -0.2) is 4.59 Å². The molecule has 0 aromatic carbocycles. The first-order valence-corrected chi connectivity index (χ1v) is 4.79. The van der Waals surface area contributed by atoms with E-state index in [1.54, 1.807) is 0 Å². The molecule has 0 N–H and O–H groups in total. The normalized spacial score (nSPS) is 12.0. The van der Waals surface area contributed by atoms with Gasteiger partial charge in [-0.3, -0.25) is 0 Å². The van der Waals surface area contributed by atoms with Crippen molar-refractivity contribution < 1.29 is 4.59 Å². The molecule has 0 rings (SSSR count). The molecule has 0 saturated carbocycles. The summed E-state index contributed by atoms with van der Waals surface area (Å²) in [6, 6.07) is 0. The Labute approximate surface area is 71.1 Å². The molecule has 0 spiro atoms. The summed E-state index contributed by atoms with van der Waals surface area (Å²) in [4.78, 5) is 0. The second-order valence-electron chi connectivity index (χ2n) is 2.91. The molecule has 2 nitrogen and oxygen atoms in total. The summed E-state index contributed by atoms with van der Waals surface area (Å²) in [5.74, 6) is 0. The summed E-state index contributed by atoms with van der Waals surface area (Å²) in [6.07, 6.45) is 1.17. The van der Waals surface area contributed by atoms with Gasteiger partial charge in [0.25, 0.3) is 0 Å². The van der Waals surface area contributed by atoms with Crippen LogP contribution in [0.2, 0.25) is 0 Å². The van der Waals surface area contributed by atoms with E-state index in [0.29, 0.717) is 0 Å². The van der Waals surface area contributed by atoms with Crippen molar-refractivity contribution in [2.75, 3.05) is 26.2 Å². The lowest BCUT2D eigenvalue weighted by Gasteiger charge is -2.32. The minimum atomic E-state index is 0.938. The largest absolute Gasteiger partial charge is 0.226 e. The molecule has 0 unspecified atom stereocenters. The van der Waals surface area contributed by atoms with Crippen molar-refractivity contribution in [3.8, 4) is 0 Å². The highest BCUT2D eigenvalue weighted by atomic mass is 15.6. The van der Waals surface area contributed by atoms with E-state index < -0.39 is 0 Å². The van der Waals surface area contributed by atoms with Crippen LogP contribution in [0.25, 0.3) is 0 Å². The number of hydrogen-bond acceptors (Lipinski definition) is 0. The van der Waals surface area contributed by atoms with Crippen molar-refractivity contribution in [1.82, 2.24) is 5.43 Å². The fourth-order valence-corrected chi connectivity index (χ4v) is 1.28. The third-order valence-corrected chi connectivity index (χ3v) is 2.39. The van der Waals surface area contributed by atoms with Crippen molar-refractivity contribution in [3.05, 3.63) is 0 Å². The lowest BCUT2D eigenvalue weighted by Crippen LogP contribution is -2.53. The molecule has 0 saturated heterocycles. The average molecular weight is 158 g/mol. The van der Waals surface area contributed by atoms with Crippen LogP contribution in [0, 0.1) is 0 Å². The summed E-state index contributed by atoms with van der Waals surface area (Å²) in [7, 11) is 0. The number of hydrogen-bond donors (Lipinski definition) is 0. The van der Waals surface area contributed by atoms with E-state index in [-0.39, 0.29) is 0 Å². The van der Waals surface area contributed by atoms with Crippen LogP contribution in [0.3, 0.4) is 0 Å². The van der Waals surface area contributed by atoms with Gasteiger partial charge in [0.1, 0.15) is 0 Å². The molecule has 0 aromatic rings. The Hall–Kier alpha value is -0.0800. The summed E-state index contributed by atoms with van der Waals surface area (Å²) in [5, 5.41) is 0. The number of nitrogens with zero attached hydrogens (tertiary/aromatic N) is 2. The zero-order valence-electron chi connectivity index (χ0n) is 8.43. The van der Waals surface area contributed by atoms with E-state index in [0.717, 1.165) is 30.8 Å². The highest BCUT2D eigenvalue weighted by Crippen LogP contribution is 2.01. The van der Waals surface area contributed by atoms with E-state index in [2.05, 4.69) is 33.1 Å². The summed E-state index contributed by atoms with van der Waals surface area (Å²) in [5.41, 5.74) is 4.67. The van der Waals surface area contributed by atoms with Gasteiger partial charge in [0.05, 0.1) is 26.2 Å². The maximum Gasteiger partial charge on any atom is 0.0949 e. The van der Waals surface area contributed by atoms with Gasteiger partial charge in [0, 0.05) is 0 Å². The Bertz CT molecular complexity index is 79.3. The fraction of sp³-hybridized carbons (Fsp3) is 1.00. The van der Waals surface area contributed by atoms with Crippen LogP contribution in [0.5, 0.6) is 0 Å². The van der Waals surface area contributed by atoms with Crippen molar-refractivity contribution in [3.63, 3.8) is 0 Å². The third kappa shape index (κ3) is 3.21. The van der Waals surface area contributed by atoms with E-state index in [1.165, 1.54) is 6.42 Å². The van der Waals surface area contributed by atoms with Crippen molar-refractivity contribution >= 4 is 0 Å². The quantitative estimate of drug-likeness (QED) is 0.413. The minimum Gasteiger partial charge on any atom is -0.226 e. The van der Waals surface area contributed by atoms with E-state index in [9.17, 15) is 0 Å². The molecule has 2 heteroatoms. The second-order valence-corrected chi connectivity index (χ2v) is 2.91. The van der Waals surface area contributed by atoms with Crippen LogP contribution in [0.15, 0.2) is 0 Å². The smallest absolute Gasteiger partial charge is 0.0949 e. The number of rotatable bonds is 6. The first-order chi connectivity index (χ1) is 5.24. The molecule has 0 aromatic heterocycles. The van der Waals surface area contributed by atoms with Crippen LogP contribution in [-0.2, 0) is 0 Å². The van der Waals surface area contributed by atoms with Crippen LogP contribution < -0.4 is 5.43 Å². The monoisotopic (exact) mass is 158 g/mol. The van der Waals surface area contributed by atoms with Gasteiger partial charge >= 0.3 is 0 Å². The second kappa shape index (κ2) is 5.56. The predicted octanol–water partition coefficient (Wildman–Crippen LogP) is 1.79. The number of quaternary nitrogens is 1. The zero-order chi connectivity index (χ0) is 8.74. The summed E-state index contributed by atoms with van der Waals surface area (Å²) >= 11 is 0. The third-order valence-electron chi connectivity index (χ3n) is 2.39. The molecule has 0 fully saturated rings. The van der Waals surface area contributed by atoms with E-state index >= 15 is 0 Å². The fourth-order valence-electron chi connectivity index (χ4n) is 1.28. The van der Waals surface area contributed by atoms with Gasteiger partial charge in [0.15, 0.2) is 0 Å². The Morgan fingerprint density at radius 2 is 1.36 bits per heavy atom. The Kier molecular flexibility index (Phi) is 5.51. The minimum absolute atomic E-state index is 0.938. The van der Waals surface area contributed by atoms with Crippen molar-refractivity contribution in [1.29, 1.82) is 0 Å². The van der Waals surface area contributed by atoms with Gasteiger partial charge in [-0.1, -0.05) is 6.92 Å². The molecule has 0 amide bonds. The van der Waals surface area contributed by atoms with Gasteiger partial charge < -0.3 is 0 Å². The molecule has 0 aliphatic rings. The summed E-state index contributed by atoms with van der Waals surface area (Å²) in [6.45, 7) is 13.2. The van der Waals surface area contributed by atoms with Crippen LogP contribution in [-0.4, -0.2) is 30.8 Å². The van der Waals surface area contributed by atoms with E-state index in [1.807, 2.05) is 0 Å². The predicted molar refractivity (Wildman–Crippen MR) is 49.2 cm³/mol. The van der Waals surface area contributed by atoms with Crippen LogP contribution in [0.1, 0.15) is 34.1 Å². The highest BCUT2D eigenvalue weighted by molar-refractivity contribution is 4.33. The highest BCUT2D eigenvalue weighted by Gasteiger charge is 2.21. The van der Waals surface area contributed by atoms with Crippen molar-refractivity contribution in [2.24, 2.45) is 0 Å². The Morgan fingerprint density at radius 3 is 1.64 bits per heavy atom. The van der Waals surface area contributed by atoms with Crippen molar-refractivity contribution in [2.45, 2.75) is 34.1 Å². The molecule has 0 heterocycles. The standard InChI is InChI=1S/C9H22N2/c1-5-9-10-11(6-2,7-3)8-4/h5-9H2,1-4H3/q+1. The maximum atomic E-state index is 4.67. The lowest BCUT2D eigenvalue weighted by molar-refractivity contribution is -0.968. The van der Waals surface area contributed by atoms with Gasteiger partial charge in [-0.15, -0.1) is 0 Å². The van der Waals surface area contributed by atoms with Gasteiger partial charge in [-0.2, -0.15) is 0 Å². The first-order valence-electron chi connectivity index (χ1n) is 4.79. The van der Waals surface area contributed by atoms with Gasteiger partial charge in [0.2, 0.25) is 0 Å². The molecular formula is C9H22N2+.